The molecule has 0 aromatic heterocycles. The van der Waals surface area contributed by atoms with Crippen molar-refractivity contribution in [3.05, 3.63) is 0 Å². The Morgan fingerprint density at radius 3 is 2.47 bits per heavy atom. The van der Waals surface area contributed by atoms with Gasteiger partial charge in [-0.1, -0.05) is 0 Å². The predicted octanol–water partition coefficient (Wildman–Crippen LogP) is -0.226. The number of amides is 1. The SMILES string of the molecule is O=C(CCOCC(F)F)N1CCN(C2CNC2)CC1. The molecule has 1 amide bonds. The molecule has 2 heterocycles. The molecule has 0 spiro atoms. The van der Waals surface area contributed by atoms with E-state index in [1.807, 2.05) is 0 Å². The molecular formula is C12H21F2N3O2. The molecule has 0 aromatic rings. The molecule has 2 saturated heterocycles. The Kier molecular flexibility index (Phi) is 5.47. The Labute approximate surface area is 111 Å². The number of carbonyl (C=O) groups excluding carboxylic acids is 1. The Morgan fingerprint density at radius 2 is 1.95 bits per heavy atom. The summed E-state index contributed by atoms with van der Waals surface area (Å²) in [5.74, 6) is 0.000603. The van der Waals surface area contributed by atoms with Crippen LogP contribution in [0.2, 0.25) is 0 Å². The minimum atomic E-state index is -2.46. The summed E-state index contributed by atoms with van der Waals surface area (Å²) in [6.45, 7) is 4.82. The van der Waals surface area contributed by atoms with Crippen LogP contribution in [0.15, 0.2) is 0 Å². The van der Waals surface area contributed by atoms with Crippen LogP contribution >= 0.6 is 0 Å². The number of rotatable bonds is 6. The highest BCUT2D eigenvalue weighted by atomic mass is 19.3. The van der Waals surface area contributed by atoms with Crippen molar-refractivity contribution in [3.63, 3.8) is 0 Å². The van der Waals surface area contributed by atoms with Crippen LogP contribution in [0.1, 0.15) is 6.42 Å². The van der Waals surface area contributed by atoms with Crippen molar-refractivity contribution >= 4 is 5.91 Å². The molecule has 2 rings (SSSR count). The maximum Gasteiger partial charge on any atom is 0.261 e. The molecule has 19 heavy (non-hydrogen) atoms. The van der Waals surface area contributed by atoms with Crippen LogP contribution in [0.5, 0.6) is 0 Å². The van der Waals surface area contributed by atoms with Gasteiger partial charge in [-0.3, -0.25) is 9.69 Å². The van der Waals surface area contributed by atoms with Crippen molar-refractivity contribution in [2.75, 3.05) is 52.5 Å². The second kappa shape index (κ2) is 7.12. The van der Waals surface area contributed by atoms with E-state index >= 15 is 0 Å². The molecular weight excluding hydrogens is 256 g/mol. The fourth-order valence-corrected chi connectivity index (χ4v) is 2.36. The van der Waals surface area contributed by atoms with Gasteiger partial charge in [-0.15, -0.1) is 0 Å². The van der Waals surface area contributed by atoms with Gasteiger partial charge in [-0.05, 0) is 0 Å². The standard InChI is InChI=1S/C12H21F2N3O2/c13-11(14)9-19-6-1-12(18)17-4-2-16(3-5-17)10-7-15-8-10/h10-11,15H,1-9H2. The zero-order chi connectivity index (χ0) is 13.7. The van der Waals surface area contributed by atoms with E-state index in [-0.39, 0.29) is 18.9 Å². The zero-order valence-corrected chi connectivity index (χ0v) is 11.0. The van der Waals surface area contributed by atoms with Crippen LogP contribution < -0.4 is 5.32 Å². The molecule has 0 saturated carbocycles. The van der Waals surface area contributed by atoms with Gasteiger partial charge < -0.3 is 15.0 Å². The summed E-state index contributed by atoms with van der Waals surface area (Å²) >= 11 is 0. The van der Waals surface area contributed by atoms with Crippen molar-refractivity contribution < 1.29 is 18.3 Å². The van der Waals surface area contributed by atoms with Gasteiger partial charge in [0.2, 0.25) is 5.91 Å². The van der Waals surface area contributed by atoms with E-state index in [0.717, 1.165) is 39.3 Å². The number of hydrogen-bond donors (Lipinski definition) is 1. The Morgan fingerprint density at radius 1 is 1.26 bits per heavy atom. The molecule has 0 aromatic carbocycles. The van der Waals surface area contributed by atoms with Crippen LogP contribution in [0.3, 0.4) is 0 Å². The monoisotopic (exact) mass is 277 g/mol. The molecule has 2 aliphatic rings. The van der Waals surface area contributed by atoms with Crippen LogP contribution in [0.4, 0.5) is 8.78 Å². The van der Waals surface area contributed by atoms with Gasteiger partial charge in [0, 0.05) is 45.3 Å². The zero-order valence-electron chi connectivity index (χ0n) is 11.0. The molecule has 7 heteroatoms. The molecule has 1 N–H and O–H groups in total. The summed E-state index contributed by atoms with van der Waals surface area (Å²) in [5.41, 5.74) is 0. The van der Waals surface area contributed by atoms with Crippen LogP contribution in [-0.4, -0.2) is 80.7 Å². The molecule has 2 aliphatic heterocycles. The molecule has 0 radical (unpaired) electrons. The summed E-state index contributed by atoms with van der Waals surface area (Å²) in [6.07, 6.45) is -2.27. The lowest BCUT2D eigenvalue weighted by Crippen LogP contribution is -2.62. The van der Waals surface area contributed by atoms with Crippen LogP contribution in [0.25, 0.3) is 0 Å². The van der Waals surface area contributed by atoms with Gasteiger partial charge in [0.1, 0.15) is 6.61 Å². The summed E-state index contributed by atoms with van der Waals surface area (Å²) in [4.78, 5) is 16.0. The molecule has 2 fully saturated rings. The lowest BCUT2D eigenvalue weighted by molar-refractivity contribution is -0.135. The molecule has 0 bridgehead atoms. The first-order valence-corrected chi connectivity index (χ1v) is 6.75. The van der Waals surface area contributed by atoms with Crippen molar-refractivity contribution in [2.24, 2.45) is 0 Å². The molecule has 0 atom stereocenters. The van der Waals surface area contributed by atoms with Crippen LogP contribution in [-0.2, 0) is 9.53 Å². The Hall–Kier alpha value is -0.790. The van der Waals surface area contributed by atoms with Gasteiger partial charge in [0.15, 0.2) is 0 Å². The van der Waals surface area contributed by atoms with Gasteiger partial charge in [0.05, 0.1) is 13.0 Å². The second-order valence-corrected chi connectivity index (χ2v) is 4.94. The first-order valence-electron chi connectivity index (χ1n) is 6.75. The maximum atomic E-state index is 11.8. The Balaban J connectivity index is 1.59. The highest BCUT2D eigenvalue weighted by Gasteiger charge is 2.28. The van der Waals surface area contributed by atoms with E-state index in [4.69, 9.17) is 4.74 Å². The van der Waals surface area contributed by atoms with Crippen molar-refractivity contribution in [1.82, 2.24) is 15.1 Å². The first kappa shape index (κ1) is 14.6. The fraction of sp³-hybridized carbons (Fsp3) is 0.917. The van der Waals surface area contributed by atoms with Gasteiger partial charge in [-0.2, -0.15) is 0 Å². The lowest BCUT2D eigenvalue weighted by Gasteiger charge is -2.43. The summed E-state index contributed by atoms with van der Waals surface area (Å²) in [7, 11) is 0. The average Bonchev–Trinajstić information content (AvgIpc) is 2.33. The number of halogens is 2. The topological polar surface area (TPSA) is 44.8 Å². The molecule has 0 aliphatic carbocycles. The van der Waals surface area contributed by atoms with E-state index in [1.54, 1.807) is 4.90 Å². The van der Waals surface area contributed by atoms with Gasteiger partial charge >= 0.3 is 0 Å². The third-order valence-electron chi connectivity index (χ3n) is 3.65. The fourth-order valence-electron chi connectivity index (χ4n) is 2.36. The molecule has 110 valence electrons. The number of hydrogen-bond acceptors (Lipinski definition) is 4. The van der Waals surface area contributed by atoms with Crippen LogP contribution in [0, 0.1) is 0 Å². The highest BCUT2D eigenvalue weighted by Crippen LogP contribution is 2.10. The number of nitrogens with zero attached hydrogens (tertiary/aromatic N) is 2. The number of alkyl halides is 2. The van der Waals surface area contributed by atoms with E-state index in [9.17, 15) is 13.6 Å². The normalized spacial score (nSPS) is 21.7. The Bertz CT molecular complexity index is 293. The minimum Gasteiger partial charge on any atom is -0.375 e. The summed E-state index contributed by atoms with van der Waals surface area (Å²) in [5, 5.41) is 3.24. The number of nitrogens with one attached hydrogen (secondary N) is 1. The van der Waals surface area contributed by atoms with Crippen molar-refractivity contribution in [1.29, 1.82) is 0 Å². The number of carbonyl (C=O) groups is 1. The van der Waals surface area contributed by atoms with Crippen molar-refractivity contribution in [2.45, 2.75) is 18.9 Å². The van der Waals surface area contributed by atoms with Gasteiger partial charge in [0.25, 0.3) is 6.43 Å². The average molecular weight is 277 g/mol. The summed E-state index contributed by atoms with van der Waals surface area (Å²) < 4.78 is 28.4. The number of ether oxygens (including phenoxy) is 1. The third kappa shape index (κ3) is 4.36. The minimum absolute atomic E-state index is 0.000603. The van der Waals surface area contributed by atoms with E-state index < -0.39 is 13.0 Å². The summed E-state index contributed by atoms with van der Waals surface area (Å²) in [6, 6.07) is 0.617. The highest BCUT2D eigenvalue weighted by molar-refractivity contribution is 5.76. The second-order valence-electron chi connectivity index (χ2n) is 4.94. The predicted molar refractivity (Wildman–Crippen MR) is 66.3 cm³/mol. The van der Waals surface area contributed by atoms with E-state index in [0.29, 0.717) is 6.04 Å². The molecule has 5 nitrogen and oxygen atoms in total. The molecule has 0 unspecified atom stereocenters. The van der Waals surface area contributed by atoms with E-state index in [1.165, 1.54) is 0 Å². The van der Waals surface area contributed by atoms with Gasteiger partial charge in [-0.25, -0.2) is 8.78 Å². The van der Waals surface area contributed by atoms with Crippen molar-refractivity contribution in [3.8, 4) is 0 Å². The smallest absolute Gasteiger partial charge is 0.261 e. The third-order valence-corrected chi connectivity index (χ3v) is 3.65. The number of piperazine rings is 1. The lowest BCUT2D eigenvalue weighted by atomic mass is 10.1. The first-order chi connectivity index (χ1) is 9.16. The maximum absolute atomic E-state index is 11.8. The van der Waals surface area contributed by atoms with E-state index in [2.05, 4.69) is 10.2 Å². The quantitative estimate of drug-likeness (QED) is 0.682. The largest absolute Gasteiger partial charge is 0.375 e.